The molecular formula is C13H17F2NO. The summed E-state index contributed by atoms with van der Waals surface area (Å²) < 4.78 is 29.0. The Balaban J connectivity index is 2.89. The molecule has 0 spiro atoms. The molecule has 0 amide bonds. The van der Waals surface area contributed by atoms with Gasteiger partial charge in [-0.05, 0) is 19.0 Å². The Morgan fingerprint density at radius 1 is 1.41 bits per heavy atom. The molecule has 0 aromatic heterocycles. The fraction of sp³-hybridized carbons (Fsp3) is 0.385. The van der Waals surface area contributed by atoms with Crippen molar-refractivity contribution in [2.75, 3.05) is 6.54 Å². The molecule has 0 aliphatic heterocycles. The molecule has 0 saturated heterocycles. The zero-order chi connectivity index (χ0) is 12.7. The van der Waals surface area contributed by atoms with Gasteiger partial charge in [-0.15, -0.1) is 6.58 Å². The van der Waals surface area contributed by atoms with Crippen molar-refractivity contribution in [2.24, 2.45) is 0 Å². The van der Waals surface area contributed by atoms with E-state index in [4.69, 9.17) is 0 Å². The van der Waals surface area contributed by atoms with E-state index in [9.17, 15) is 8.78 Å². The second-order valence-corrected chi connectivity index (χ2v) is 3.58. The Bertz CT molecular complexity index is 355. The number of rotatable bonds is 7. The Morgan fingerprint density at radius 3 is 2.71 bits per heavy atom. The van der Waals surface area contributed by atoms with Gasteiger partial charge in [0.25, 0.3) is 0 Å². The summed E-state index contributed by atoms with van der Waals surface area (Å²) in [5.41, 5.74) is 0.677. The van der Waals surface area contributed by atoms with Gasteiger partial charge in [0, 0.05) is 5.56 Å². The second-order valence-electron chi connectivity index (χ2n) is 3.58. The van der Waals surface area contributed by atoms with Crippen molar-refractivity contribution in [1.29, 1.82) is 0 Å². The Morgan fingerprint density at radius 2 is 2.12 bits per heavy atom. The molecule has 0 aliphatic rings. The third kappa shape index (κ3) is 4.15. The van der Waals surface area contributed by atoms with Crippen LogP contribution in [0, 0.1) is 0 Å². The van der Waals surface area contributed by atoms with Crippen molar-refractivity contribution in [3.63, 3.8) is 0 Å². The second kappa shape index (κ2) is 7.01. The lowest BCUT2D eigenvalue weighted by Crippen LogP contribution is -2.21. The van der Waals surface area contributed by atoms with Gasteiger partial charge in [0.1, 0.15) is 5.75 Å². The summed E-state index contributed by atoms with van der Waals surface area (Å²) in [7, 11) is 0. The maximum atomic E-state index is 12.3. The van der Waals surface area contributed by atoms with Crippen LogP contribution in [0.25, 0.3) is 0 Å². The van der Waals surface area contributed by atoms with Gasteiger partial charge < -0.3 is 10.1 Å². The number of nitrogens with one attached hydrogen (secondary N) is 1. The first-order valence-corrected chi connectivity index (χ1v) is 5.58. The van der Waals surface area contributed by atoms with Crippen molar-refractivity contribution in [1.82, 2.24) is 5.32 Å². The fourth-order valence-electron chi connectivity index (χ4n) is 1.56. The van der Waals surface area contributed by atoms with Crippen LogP contribution in [0.1, 0.15) is 24.9 Å². The zero-order valence-corrected chi connectivity index (χ0v) is 9.83. The smallest absolute Gasteiger partial charge is 0.387 e. The van der Waals surface area contributed by atoms with Crippen molar-refractivity contribution in [3.05, 3.63) is 42.5 Å². The van der Waals surface area contributed by atoms with Crippen LogP contribution in [-0.2, 0) is 0 Å². The molecule has 1 N–H and O–H groups in total. The predicted molar refractivity (Wildman–Crippen MR) is 64.3 cm³/mol. The van der Waals surface area contributed by atoms with Crippen molar-refractivity contribution < 1.29 is 13.5 Å². The van der Waals surface area contributed by atoms with E-state index in [1.54, 1.807) is 24.3 Å². The Hall–Kier alpha value is -1.42. The van der Waals surface area contributed by atoms with Crippen LogP contribution in [0.2, 0.25) is 0 Å². The molecule has 0 heterocycles. The highest BCUT2D eigenvalue weighted by atomic mass is 19.3. The van der Waals surface area contributed by atoms with Gasteiger partial charge in [0.2, 0.25) is 0 Å². The van der Waals surface area contributed by atoms with Crippen LogP contribution in [0.3, 0.4) is 0 Å². The molecule has 0 fully saturated rings. The molecule has 0 radical (unpaired) electrons. The van der Waals surface area contributed by atoms with Crippen LogP contribution in [0.5, 0.6) is 5.75 Å². The lowest BCUT2D eigenvalue weighted by Gasteiger charge is -2.18. The van der Waals surface area contributed by atoms with Crippen molar-refractivity contribution >= 4 is 0 Å². The lowest BCUT2D eigenvalue weighted by molar-refractivity contribution is -0.0506. The number of benzene rings is 1. The lowest BCUT2D eigenvalue weighted by atomic mass is 10.1. The van der Waals surface area contributed by atoms with Gasteiger partial charge in [0.15, 0.2) is 0 Å². The molecule has 17 heavy (non-hydrogen) atoms. The highest BCUT2D eigenvalue weighted by Gasteiger charge is 2.14. The zero-order valence-electron chi connectivity index (χ0n) is 9.83. The van der Waals surface area contributed by atoms with Crippen LogP contribution in [-0.4, -0.2) is 13.2 Å². The van der Waals surface area contributed by atoms with Gasteiger partial charge in [-0.2, -0.15) is 8.78 Å². The summed E-state index contributed by atoms with van der Waals surface area (Å²) in [6.45, 7) is 3.72. The first kappa shape index (κ1) is 13.6. The first-order valence-electron chi connectivity index (χ1n) is 5.58. The Kier molecular flexibility index (Phi) is 5.63. The van der Waals surface area contributed by atoms with Gasteiger partial charge in [-0.25, -0.2) is 0 Å². The summed E-state index contributed by atoms with van der Waals surface area (Å²) >= 11 is 0. The predicted octanol–water partition coefficient (Wildman–Crippen LogP) is 3.51. The highest BCUT2D eigenvalue weighted by molar-refractivity contribution is 5.37. The summed E-state index contributed by atoms with van der Waals surface area (Å²) in [6, 6.07) is 6.57. The molecular weight excluding hydrogens is 224 g/mol. The van der Waals surface area contributed by atoms with Crippen LogP contribution in [0.15, 0.2) is 36.9 Å². The van der Waals surface area contributed by atoms with Crippen molar-refractivity contribution in [3.8, 4) is 5.75 Å². The molecule has 1 aromatic rings. The van der Waals surface area contributed by atoms with E-state index in [0.29, 0.717) is 5.56 Å². The molecule has 94 valence electrons. The monoisotopic (exact) mass is 241 g/mol. The van der Waals surface area contributed by atoms with Crippen molar-refractivity contribution in [2.45, 2.75) is 26.0 Å². The normalized spacial score (nSPS) is 12.5. The SMILES string of the molecule is C=CC(NCCC)c1ccccc1OC(F)F. The number of halogens is 2. The molecule has 1 rings (SSSR count). The summed E-state index contributed by atoms with van der Waals surface area (Å²) in [5.74, 6) is 0.191. The van der Waals surface area contributed by atoms with Crippen LogP contribution >= 0.6 is 0 Å². The van der Waals surface area contributed by atoms with Crippen LogP contribution < -0.4 is 10.1 Å². The average Bonchev–Trinajstić information content (AvgIpc) is 2.31. The average molecular weight is 241 g/mol. The quantitative estimate of drug-likeness (QED) is 0.737. The summed E-state index contributed by atoms with van der Waals surface area (Å²) in [6.07, 6.45) is 2.64. The molecule has 1 aromatic carbocycles. The van der Waals surface area contributed by atoms with Crippen LogP contribution in [0.4, 0.5) is 8.78 Å². The largest absolute Gasteiger partial charge is 0.434 e. The van der Waals surface area contributed by atoms with Gasteiger partial charge in [-0.1, -0.05) is 31.2 Å². The highest BCUT2D eigenvalue weighted by Crippen LogP contribution is 2.27. The molecule has 2 nitrogen and oxygen atoms in total. The minimum Gasteiger partial charge on any atom is -0.434 e. The topological polar surface area (TPSA) is 21.3 Å². The number of hydrogen-bond acceptors (Lipinski definition) is 2. The van der Waals surface area contributed by atoms with E-state index in [0.717, 1.165) is 13.0 Å². The third-order valence-corrected chi connectivity index (χ3v) is 2.32. The third-order valence-electron chi connectivity index (χ3n) is 2.32. The summed E-state index contributed by atoms with van der Waals surface area (Å²) in [4.78, 5) is 0. The van der Waals surface area contributed by atoms with Gasteiger partial charge in [-0.3, -0.25) is 0 Å². The molecule has 0 saturated carbocycles. The molecule has 4 heteroatoms. The van der Waals surface area contributed by atoms with E-state index < -0.39 is 6.61 Å². The van der Waals surface area contributed by atoms with E-state index in [-0.39, 0.29) is 11.8 Å². The molecule has 1 unspecified atom stereocenters. The number of hydrogen-bond donors (Lipinski definition) is 1. The van der Waals surface area contributed by atoms with E-state index in [2.05, 4.69) is 16.6 Å². The number of para-hydroxylation sites is 1. The minimum atomic E-state index is -2.81. The molecule has 0 bridgehead atoms. The minimum absolute atomic E-state index is 0.176. The Labute approximate surface area is 100 Å². The number of ether oxygens (including phenoxy) is 1. The fourth-order valence-corrected chi connectivity index (χ4v) is 1.56. The maximum absolute atomic E-state index is 12.3. The maximum Gasteiger partial charge on any atom is 0.387 e. The van der Waals surface area contributed by atoms with E-state index in [1.807, 2.05) is 6.92 Å². The van der Waals surface area contributed by atoms with E-state index >= 15 is 0 Å². The molecule has 1 atom stereocenters. The molecule has 0 aliphatic carbocycles. The van der Waals surface area contributed by atoms with E-state index in [1.165, 1.54) is 6.07 Å². The first-order chi connectivity index (χ1) is 8.19. The van der Waals surface area contributed by atoms with Gasteiger partial charge >= 0.3 is 6.61 Å². The number of alkyl halides is 2. The van der Waals surface area contributed by atoms with Gasteiger partial charge in [0.05, 0.1) is 6.04 Å². The summed E-state index contributed by atoms with van der Waals surface area (Å²) in [5, 5.41) is 3.21. The standard InChI is InChI=1S/C13H17F2NO/c1-3-9-16-11(4-2)10-7-5-6-8-12(10)17-13(14)15/h4-8,11,13,16H,2-3,9H2,1H3.